The highest BCUT2D eigenvalue weighted by Gasteiger charge is 2.27. The fourth-order valence-corrected chi connectivity index (χ4v) is 6.19. The van der Waals surface area contributed by atoms with Gasteiger partial charge in [-0.2, -0.15) is 0 Å². The highest BCUT2D eigenvalue weighted by molar-refractivity contribution is 7.47. The number of nitrogens with zero attached hydrogens (tertiary/aromatic N) is 1. The number of phosphoric acid groups is 1. The summed E-state index contributed by atoms with van der Waals surface area (Å²) in [4.78, 5) is 35.3. The van der Waals surface area contributed by atoms with Gasteiger partial charge in [-0.1, -0.05) is 150 Å². The van der Waals surface area contributed by atoms with Crippen molar-refractivity contribution in [2.24, 2.45) is 0 Å². The van der Waals surface area contributed by atoms with Gasteiger partial charge in [0, 0.05) is 12.8 Å². The van der Waals surface area contributed by atoms with Gasteiger partial charge in [-0.15, -0.1) is 0 Å². The van der Waals surface area contributed by atoms with Crippen LogP contribution in [-0.2, 0) is 32.7 Å². The number of quaternary nitrogens is 1. The van der Waals surface area contributed by atoms with Gasteiger partial charge in [-0.3, -0.25) is 18.6 Å². The molecule has 0 spiro atoms. The predicted molar refractivity (Wildman–Crippen MR) is 242 cm³/mol. The molecule has 0 fully saturated rings. The summed E-state index contributed by atoms with van der Waals surface area (Å²) in [7, 11) is 1.42. The van der Waals surface area contributed by atoms with E-state index in [1.165, 1.54) is 51.4 Å². The van der Waals surface area contributed by atoms with Crippen LogP contribution in [0.4, 0.5) is 0 Å². The summed E-state index contributed by atoms with van der Waals surface area (Å²) < 4.78 is 34.2. The smallest absolute Gasteiger partial charge is 0.462 e. The third kappa shape index (κ3) is 42.8. The molecule has 0 heterocycles. The van der Waals surface area contributed by atoms with Crippen molar-refractivity contribution in [2.45, 2.75) is 161 Å². The van der Waals surface area contributed by atoms with Crippen molar-refractivity contribution in [1.82, 2.24) is 0 Å². The van der Waals surface area contributed by atoms with Crippen molar-refractivity contribution in [3.63, 3.8) is 0 Å². The van der Waals surface area contributed by atoms with E-state index >= 15 is 0 Å². The first-order valence-electron chi connectivity index (χ1n) is 22.3. The predicted octanol–water partition coefficient (Wildman–Crippen LogP) is 12.8. The molecule has 0 amide bonds. The third-order valence-corrected chi connectivity index (χ3v) is 9.91. The van der Waals surface area contributed by atoms with Crippen LogP contribution in [0.15, 0.2) is 85.1 Å². The Morgan fingerprint density at radius 3 is 1.53 bits per heavy atom. The molecule has 1 unspecified atom stereocenters. The summed E-state index contributed by atoms with van der Waals surface area (Å²) in [6.07, 6.45) is 50.7. The average molecular weight is 833 g/mol. The van der Waals surface area contributed by atoms with Gasteiger partial charge in [0.15, 0.2) is 6.10 Å². The number of hydrogen-bond donors (Lipinski definition) is 1. The Balaban J connectivity index is 4.49. The van der Waals surface area contributed by atoms with Crippen molar-refractivity contribution in [1.29, 1.82) is 0 Å². The van der Waals surface area contributed by atoms with E-state index in [1.54, 1.807) is 0 Å². The summed E-state index contributed by atoms with van der Waals surface area (Å²) in [6, 6.07) is 0. The van der Waals surface area contributed by atoms with Crippen LogP contribution >= 0.6 is 7.82 Å². The van der Waals surface area contributed by atoms with E-state index in [4.69, 9.17) is 18.5 Å². The number of likely N-dealkylation sites (N-methyl/N-ethyl adjacent to an activating group) is 1. The fourth-order valence-electron chi connectivity index (χ4n) is 5.44. The molecule has 0 saturated carbocycles. The zero-order valence-electron chi connectivity index (χ0n) is 37.2. The molecule has 0 rings (SSSR count). The molecule has 0 aromatic heterocycles. The lowest BCUT2D eigenvalue weighted by Crippen LogP contribution is -2.37. The Bertz CT molecular complexity index is 1260. The van der Waals surface area contributed by atoms with Gasteiger partial charge in [-0.25, -0.2) is 4.57 Å². The number of rotatable bonds is 39. The van der Waals surface area contributed by atoms with Crippen molar-refractivity contribution in [3.05, 3.63) is 85.1 Å². The Labute approximate surface area is 354 Å². The van der Waals surface area contributed by atoms with E-state index in [0.29, 0.717) is 23.9 Å². The molecule has 1 N–H and O–H groups in total. The van der Waals surface area contributed by atoms with Crippen LogP contribution in [0.2, 0.25) is 0 Å². The number of ether oxygens (including phenoxy) is 2. The summed E-state index contributed by atoms with van der Waals surface area (Å²) in [6.45, 7) is 4.18. The van der Waals surface area contributed by atoms with Crippen molar-refractivity contribution in [2.75, 3.05) is 47.5 Å². The van der Waals surface area contributed by atoms with E-state index in [-0.39, 0.29) is 26.1 Å². The highest BCUT2D eigenvalue weighted by atomic mass is 31.2. The van der Waals surface area contributed by atoms with Crippen LogP contribution in [-0.4, -0.2) is 74.9 Å². The zero-order chi connectivity index (χ0) is 42.8. The van der Waals surface area contributed by atoms with Crippen LogP contribution in [0.5, 0.6) is 0 Å². The van der Waals surface area contributed by atoms with Gasteiger partial charge in [-0.05, 0) is 77.0 Å². The molecule has 0 aromatic carbocycles. The van der Waals surface area contributed by atoms with E-state index < -0.39 is 32.5 Å². The molecule has 0 aromatic rings. The maximum absolute atomic E-state index is 12.7. The molecule has 9 nitrogen and oxygen atoms in total. The summed E-state index contributed by atoms with van der Waals surface area (Å²) in [5.74, 6) is -0.909. The Hall–Kier alpha value is -2.81. The molecular formula is C48H83NO8P+. The van der Waals surface area contributed by atoms with Crippen molar-refractivity contribution in [3.8, 4) is 0 Å². The van der Waals surface area contributed by atoms with Crippen LogP contribution in [0.3, 0.4) is 0 Å². The SMILES string of the molecule is CC/C=C/C/C=C/C/C=C/C/C=C/C/C=C/C/C=C/CCC(=O)OC[C@H](COP(=O)(O)OCC[N+](C)(C)C)OC(=O)CCCCCCCCC/C=C/CCCCCC. The minimum atomic E-state index is -4.40. The second kappa shape index (κ2) is 39.6. The number of carbonyl (C=O) groups is 2. The molecule has 10 heteroatoms. The van der Waals surface area contributed by atoms with E-state index in [1.807, 2.05) is 33.3 Å². The molecule has 0 aliphatic rings. The molecule has 0 aliphatic heterocycles. The van der Waals surface area contributed by atoms with Gasteiger partial charge in [0.2, 0.25) is 0 Å². The number of carbonyl (C=O) groups excluding carboxylic acids is 2. The van der Waals surface area contributed by atoms with Crippen LogP contribution < -0.4 is 0 Å². The van der Waals surface area contributed by atoms with Gasteiger partial charge < -0.3 is 18.9 Å². The zero-order valence-corrected chi connectivity index (χ0v) is 38.1. The standard InChI is InChI=1S/C48H82NO8P/c1-6-8-10-12-14-16-18-20-22-23-24-25-27-28-30-32-34-36-38-40-47(50)54-44-46(45-56-58(52,53)55-43-42-49(3,4)5)57-48(51)41-39-37-35-33-31-29-26-21-19-17-15-13-11-9-7-2/h8,10,14,16-17,19-20,22,24-25,28,30,34,36,46H,6-7,9,11-13,15,18,21,23,26-27,29,31-33,35,37-45H2,1-5H3/p+1/b10-8+,16-14+,19-17+,22-20+,25-24+,30-28+,36-34+/t46-/m1/s1. The molecule has 0 bridgehead atoms. The van der Waals surface area contributed by atoms with Crippen molar-refractivity contribution >= 4 is 19.8 Å². The lowest BCUT2D eigenvalue weighted by Gasteiger charge is -2.24. The Kier molecular flexibility index (Phi) is 37.7. The van der Waals surface area contributed by atoms with E-state index in [2.05, 4.69) is 86.8 Å². The topological polar surface area (TPSA) is 108 Å². The Morgan fingerprint density at radius 2 is 1.02 bits per heavy atom. The minimum absolute atomic E-state index is 0.0154. The van der Waals surface area contributed by atoms with E-state index in [0.717, 1.165) is 64.2 Å². The average Bonchev–Trinajstić information content (AvgIpc) is 3.17. The van der Waals surface area contributed by atoms with Gasteiger partial charge in [0.05, 0.1) is 27.7 Å². The first-order chi connectivity index (χ1) is 28.0. The van der Waals surface area contributed by atoms with Crippen molar-refractivity contribution < 1.29 is 42.1 Å². The molecule has 0 radical (unpaired) electrons. The first kappa shape index (κ1) is 55.2. The maximum Gasteiger partial charge on any atom is 0.472 e. The molecule has 0 saturated heterocycles. The summed E-state index contributed by atoms with van der Waals surface area (Å²) in [5, 5.41) is 0. The first-order valence-corrected chi connectivity index (χ1v) is 23.8. The maximum atomic E-state index is 12.7. The molecule has 58 heavy (non-hydrogen) atoms. The quantitative estimate of drug-likeness (QED) is 0.0214. The second-order valence-corrected chi connectivity index (χ2v) is 17.1. The number of phosphoric ester groups is 1. The molecule has 332 valence electrons. The lowest BCUT2D eigenvalue weighted by atomic mass is 10.1. The monoisotopic (exact) mass is 833 g/mol. The number of allylic oxidation sites excluding steroid dienone is 14. The van der Waals surface area contributed by atoms with E-state index in [9.17, 15) is 19.0 Å². The fraction of sp³-hybridized carbons (Fsp3) is 0.667. The molecule has 0 aliphatic carbocycles. The number of unbranched alkanes of at least 4 members (excludes halogenated alkanes) is 11. The van der Waals surface area contributed by atoms with Gasteiger partial charge in [0.25, 0.3) is 0 Å². The highest BCUT2D eigenvalue weighted by Crippen LogP contribution is 2.43. The largest absolute Gasteiger partial charge is 0.472 e. The van der Waals surface area contributed by atoms with Gasteiger partial charge in [0.1, 0.15) is 19.8 Å². The number of esters is 2. The normalized spacial score (nSPS) is 14.4. The lowest BCUT2D eigenvalue weighted by molar-refractivity contribution is -0.870. The third-order valence-electron chi connectivity index (χ3n) is 8.92. The Morgan fingerprint density at radius 1 is 0.552 bits per heavy atom. The van der Waals surface area contributed by atoms with Crippen LogP contribution in [0.25, 0.3) is 0 Å². The summed E-state index contributed by atoms with van der Waals surface area (Å²) >= 11 is 0. The molecular weight excluding hydrogens is 750 g/mol. The number of hydrogen-bond acceptors (Lipinski definition) is 7. The summed E-state index contributed by atoms with van der Waals surface area (Å²) in [5.41, 5.74) is 0. The van der Waals surface area contributed by atoms with Gasteiger partial charge >= 0.3 is 19.8 Å². The van der Waals surface area contributed by atoms with Crippen LogP contribution in [0.1, 0.15) is 155 Å². The second-order valence-electron chi connectivity index (χ2n) is 15.7. The van der Waals surface area contributed by atoms with Crippen LogP contribution in [0, 0.1) is 0 Å². The molecule has 2 atom stereocenters. The minimum Gasteiger partial charge on any atom is -0.462 e.